The second-order valence-corrected chi connectivity index (χ2v) is 17.3. The highest BCUT2D eigenvalue weighted by atomic mass is 32.1. The molecule has 1 aromatic carbocycles. The molecular weight excluding hydrogens is 488 g/mol. The lowest BCUT2D eigenvalue weighted by molar-refractivity contribution is -0.117. The number of rotatable bonds is 8. The quantitative estimate of drug-likeness (QED) is 0.336. The van der Waals surface area contributed by atoms with Crippen molar-refractivity contribution in [2.45, 2.75) is 89.8 Å². The van der Waals surface area contributed by atoms with Crippen LogP contribution >= 0.6 is 11.3 Å². The van der Waals surface area contributed by atoms with Gasteiger partial charge in [0.1, 0.15) is 6.61 Å². The van der Waals surface area contributed by atoms with Crippen LogP contribution in [-0.2, 0) is 20.6 Å². The summed E-state index contributed by atoms with van der Waals surface area (Å²) in [5.41, 5.74) is 2.85. The van der Waals surface area contributed by atoms with Gasteiger partial charge < -0.3 is 14.5 Å². The molecule has 7 nitrogen and oxygen atoms in total. The molecule has 0 radical (unpaired) electrons. The van der Waals surface area contributed by atoms with Crippen molar-refractivity contribution in [3.8, 4) is 11.1 Å². The van der Waals surface area contributed by atoms with Crippen LogP contribution in [0.3, 0.4) is 0 Å². The van der Waals surface area contributed by atoms with E-state index in [1.165, 1.54) is 11.3 Å². The molecule has 2 heterocycles. The van der Waals surface area contributed by atoms with E-state index in [1.54, 1.807) is 0 Å². The monoisotopic (exact) mass is 524 g/mol. The molecule has 2 saturated carbocycles. The van der Waals surface area contributed by atoms with E-state index in [0.717, 1.165) is 53.4 Å². The highest BCUT2D eigenvalue weighted by Crippen LogP contribution is 2.40. The Bertz CT molecular complexity index is 1230. The summed E-state index contributed by atoms with van der Waals surface area (Å²) in [4.78, 5) is 25.7. The third-order valence-corrected chi connectivity index (χ3v) is 13.1. The molecule has 0 bridgehead atoms. The zero-order chi connectivity index (χ0) is 25.5. The maximum absolute atomic E-state index is 12.1. The van der Waals surface area contributed by atoms with Gasteiger partial charge in [-0.25, -0.2) is 15.0 Å². The van der Waals surface area contributed by atoms with Crippen LogP contribution in [0.1, 0.15) is 58.7 Å². The van der Waals surface area contributed by atoms with Gasteiger partial charge in [0.15, 0.2) is 19.3 Å². The van der Waals surface area contributed by atoms with E-state index in [-0.39, 0.29) is 29.1 Å². The lowest BCUT2D eigenvalue weighted by atomic mass is 10.1. The normalized spacial score (nSPS) is 20.7. The van der Waals surface area contributed by atoms with Crippen molar-refractivity contribution in [3.63, 3.8) is 0 Å². The van der Waals surface area contributed by atoms with Gasteiger partial charge in [-0.3, -0.25) is 4.79 Å². The molecule has 2 atom stereocenters. The van der Waals surface area contributed by atoms with Crippen LogP contribution in [0.25, 0.3) is 21.3 Å². The second kappa shape index (κ2) is 9.93. The molecule has 1 amide bonds. The van der Waals surface area contributed by atoms with Crippen LogP contribution in [0, 0.1) is 5.92 Å². The van der Waals surface area contributed by atoms with Crippen molar-refractivity contribution in [2.24, 2.45) is 5.92 Å². The molecule has 0 aliphatic heterocycles. The number of carbonyl (C=O) groups is 1. The molecule has 2 aliphatic rings. The number of nitrogens with zero attached hydrogens (tertiary/aromatic N) is 3. The Morgan fingerprint density at radius 3 is 2.50 bits per heavy atom. The van der Waals surface area contributed by atoms with Gasteiger partial charge >= 0.3 is 0 Å². The Labute approximate surface area is 218 Å². The minimum atomic E-state index is -1.83. The Kier molecular flexibility index (Phi) is 7.02. The molecular formula is C27H36N4O3SSi. The van der Waals surface area contributed by atoms with Gasteiger partial charge in [0.2, 0.25) is 5.91 Å². The summed E-state index contributed by atoms with van der Waals surface area (Å²) in [5, 5.41) is 3.79. The summed E-state index contributed by atoms with van der Waals surface area (Å²) in [6.07, 6.45) is 9.14. The minimum absolute atomic E-state index is 0.0796. The highest BCUT2D eigenvalue weighted by Gasteiger charge is 2.42. The first-order valence-electron chi connectivity index (χ1n) is 12.9. The third-order valence-electron chi connectivity index (χ3n) is 7.68. The number of thiazole rings is 1. The van der Waals surface area contributed by atoms with Gasteiger partial charge in [0.05, 0.1) is 22.4 Å². The fraction of sp³-hybridized carbons (Fsp3) is 0.556. The lowest BCUT2D eigenvalue weighted by Gasteiger charge is -2.39. The second-order valence-electron chi connectivity index (χ2n) is 11.5. The molecule has 2 aliphatic carbocycles. The summed E-state index contributed by atoms with van der Waals surface area (Å²) < 4.78 is 13.9. The Morgan fingerprint density at radius 2 is 1.81 bits per heavy atom. The summed E-state index contributed by atoms with van der Waals surface area (Å²) in [6, 6.07) is 6.08. The van der Waals surface area contributed by atoms with Gasteiger partial charge in [-0.05, 0) is 67.9 Å². The molecule has 0 unspecified atom stereocenters. The van der Waals surface area contributed by atoms with Crippen LogP contribution < -0.4 is 5.32 Å². The summed E-state index contributed by atoms with van der Waals surface area (Å²) in [6.45, 7) is 11.8. The van der Waals surface area contributed by atoms with Gasteiger partial charge in [-0.15, -0.1) is 0 Å². The molecule has 1 N–H and O–H groups in total. The molecule has 2 aromatic heterocycles. The van der Waals surface area contributed by atoms with Gasteiger partial charge in [-0.1, -0.05) is 38.2 Å². The maximum atomic E-state index is 12.1. The number of anilines is 1. The fourth-order valence-electron chi connectivity index (χ4n) is 4.24. The number of ether oxygens (including phenoxy) is 1. The topological polar surface area (TPSA) is 86.2 Å². The van der Waals surface area contributed by atoms with Crippen molar-refractivity contribution >= 4 is 40.9 Å². The standard InChI is InChI=1S/C27H36N4O3SSi/c1-27(2,3)36(4,5)34-22-8-6-7-21(22)33-16-24-28-14-19(15-29-24)18-11-12-20-23(13-18)35-26(30-20)31-25(32)17-9-10-17/h11-15,17,21-22H,6-10,16H2,1-5H3,(H,30,31,32)/t21-,22-/m1/s1. The van der Waals surface area contributed by atoms with Crippen molar-refractivity contribution in [3.05, 3.63) is 36.4 Å². The average molecular weight is 525 g/mol. The van der Waals surface area contributed by atoms with Crippen molar-refractivity contribution in [2.75, 3.05) is 5.32 Å². The Morgan fingerprint density at radius 1 is 1.08 bits per heavy atom. The predicted molar refractivity (Wildman–Crippen MR) is 146 cm³/mol. The van der Waals surface area contributed by atoms with Gasteiger partial charge in [-0.2, -0.15) is 0 Å². The van der Waals surface area contributed by atoms with E-state index in [1.807, 2.05) is 24.5 Å². The molecule has 9 heteroatoms. The largest absolute Gasteiger partial charge is 0.411 e. The minimum Gasteiger partial charge on any atom is -0.411 e. The van der Waals surface area contributed by atoms with Crippen molar-refractivity contribution < 1.29 is 14.0 Å². The Balaban J connectivity index is 1.20. The average Bonchev–Trinajstić information content (AvgIpc) is 3.47. The smallest absolute Gasteiger partial charge is 0.229 e. The van der Waals surface area contributed by atoms with E-state index in [2.05, 4.69) is 60.2 Å². The first-order chi connectivity index (χ1) is 17.1. The molecule has 5 rings (SSSR count). The summed E-state index contributed by atoms with van der Waals surface area (Å²) >= 11 is 1.50. The number of hydrogen-bond acceptors (Lipinski definition) is 7. The van der Waals surface area contributed by atoms with E-state index in [0.29, 0.717) is 17.6 Å². The van der Waals surface area contributed by atoms with Gasteiger partial charge in [0.25, 0.3) is 0 Å². The van der Waals surface area contributed by atoms with Crippen LogP contribution in [-0.4, -0.2) is 41.4 Å². The van der Waals surface area contributed by atoms with Crippen molar-refractivity contribution in [1.82, 2.24) is 15.0 Å². The van der Waals surface area contributed by atoms with Gasteiger partial charge in [0, 0.05) is 23.9 Å². The number of benzene rings is 1. The zero-order valence-corrected chi connectivity index (χ0v) is 23.7. The Hall–Kier alpha value is -2.20. The number of amides is 1. The molecule has 192 valence electrons. The number of fused-ring (bicyclic) bond motifs is 1. The van der Waals surface area contributed by atoms with E-state index < -0.39 is 8.32 Å². The fourth-order valence-corrected chi connectivity index (χ4v) is 6.53. The van der Waals surface area contributed by atoms with Crippen LogP contribution in [0.5, 0.6) is 0 Å². The predicted octanol–water partition coefficient (Wildman–Crippen LogP) is 6.56. The third kappa shape index (κ3) is 5.69. The van der Waals surface area contributed by atoms with E-state index in [9.17, 15) is 4.79 Å². The number of hydrogen-bond donors (Lipinski definition) is 1. The first kappa shape index (κ1) is 25.4. The lowest BCUT2D eigenvalue weighted by Crippen LogP contribution is -2.46. The summed E-state index contributed by atoms with van der Waals surface area (Å²) in [5.74, 6) is 0.924. The van der Waals surface area contributed by atoms with Crippen LogP contribution in [0.4, 0.5) is 5.13 Å². The van der Waals surface area contributed by atoms with E-state index in [4.69, 9.17) is 9.16 Å². The first-order valence-corrected chi connectivity index (χ1v) is 16.6. The molecule has 2 fully saturated rings. The molecule has 0 saturated heterocycles. The molecule has 0 spiro atoms. The number of carbonyl (C=O) groups excluding carboxylic acids is 1. The highest BCUT2D eigenvalue weighted by molar-refractivity contribution is 7.22. The zero-order valence-electron chi connectivity index (χ0n) is 21.8. The van der Waals surface area contributed by atoms with Crippen LogP contribution in [0.15, 0.2) is 30.6 Å². The summed E-state index contributed by atoms with van der Waals surface area (Å²) in [7, 11) is -1.83. The maximum Gasteiger partial charge on any atom is 0.229 e. The SMILES string of the molecule is CC(C)(C)[Si](C)(C)O[C@@H]1CCC[C@H]1OCc1ncc(-c2ccc3nc(NC(=O)C4CC4)sc3c2)cn1. The van der Waals surface area contributed by atoms with Crippen molar-refractivity contribution in [1.29, 1.82) is 0 Å². The molecule has 3 aromatic rings. The number of nitrogens with one attached hydrogen (secondary N) is 1. The van der Waals surface area contributed by atoms with Crippen LogP contribution in [0.2, 0.25) is 18.1 Å². The number of aromatic nitrogens is 3. The molecule has 36 heavy (non-hydrogen) atoms. The van der Waals surface area contributed by atoms with E-state index >= 15 is 0 Å².